The molecule has 0 aromatic heterocycles. The molecule has 0 aliphatic heterocycles. The van der Waals surface area contributed by atoms with Crippen molar-refractivity contribution in [3.05, 3.63) is 79.4 Å². The molecule has 0 spiro atoms. The van der Waals surface area contributed by atoms with Gasteiger partial charge in [-0.2, -0.15) is 0 Å². The van der Waals surface area contributed by atoms with E-state index in [-0.39, 0.29) is 33.8 Å². The topological polar surface area (TPSA) is 136 Å². The molecular weight excluding hydrogens is 342 g/mol. The van der Waals surface area contributed by atoms with Gasteiger partial charge in [0, 0.05) is 23.8 Å². The van der Waals surface area contributed by atoms with E-state index in [1.807, 2.05) is 0 Å². The summed E-state index contributed by atoms with van der Waals surface area (Å²) in [5.74, 6) is -1.01. The zero-order valence-corrected chi connectivity index (χ0v) is 13.4. The van der Waals surface area contributed by atoms with Gasteiger partial charge in [0.25, 0.3) is 11.4 Å². The van der Waals surface area contributed by atoms with Gasteiger partial charge in [-0.25, -0.2) is 4.99 Å². The van der Waals surface area contributed by atoms with Crippen molar-refractivity contribution in [1.82, 2.24) is 0 Å². The molecule has 9 nitrogen and oxygen atoms in total. The summed E-state index contributed by atoms with van der Waals surface area (Å²) in [7, 11) is 0. The summed E-state index contributed by atoms with van der Waals surface area (Å²) < 4.78 is 0. The molecular formula is C17H11N3O6. The second-order valence-corrected chi connectivity index (χ2v) is 5.47. The van der Waals surface area contributed by atoms with E-state index in [9.17, 15) is 30.1 Å². The Morgan fingerprint density at radius 1 is 1.04 bits per heavy atom. The minimum absolute atomic E-state index is 0.0663. The number of rotatable bonds is 4. The first-order valence-corrected chi connectivity index (χ1v) is 7.37. The van der Waals surface area contributed by atoms with Crippen molar-refractivity contribution in [3.63, 3.8) is 0 Å². The Bertz CT molecular complexity index is 1020. The van der Waals surface area contributed by atoms with E-state index < -0.39 is 21.4 Å². The van der Waals surface area contributed by atoms with E-state index in [4.69, 9.17) is 0 Å². The molecule has 0 saturated carbocycles. The standard InChI is InChI=1S/C17H11N3O6/c1-9(21)14-16(18-10-5-7-11(8-6-10)19(23)24)12-3-2-4-13(20(25)26)15(12)17(14)22/h2-8,22H,1H3. The van der Waals surface area contributed by atoms with Gasteiger partial charge in [0.2, 0.25) is 0 Å². The normalized spacial score (nSPS) is 14.4. The molecule has 0 amide bonds. The van der Waals surface area contributed by atoms with Gasteiger partial charge in [-0.05, 0) is 19.1 Å². The van der Waals surface area contributed by atoms with Crippen molar-refractivity contribution in [3.8, 4) is 0 Å². The van der Waals surface area contributed by atoms with E-state index in [1.54, 1.807) is 0 Å². The number of carbonyl (C=O) groups is 1. The number of nitro groups is 2. The van der Waals surface area contributed by atoms with Gasteiger partial charge in [-0.15, -0.1) is 0 Å². The second kappa shape index (κ2) is 6.20. The number of carbonyl (C=O) groups excluding carboxylic acids is 1. The molecule has 0 atom stereocenters. The molecule has 1 aliphatic rings. The van der Waals surface area contributed by atoms with E-state index in [1.165, 1.54) is 49.4 Å². The molecule has 0 radical (unpaired) electrons. The third-order valence-electron chi connectivity index (χ3n) is 3.86. The van der Waals surface area contributed by atoms with Crippen molar-refractivity contribution in [1.29, 1.82) is 0 Å². The van der Waals surface area contributed by atoms with Gasteiger partial charge in [-0.1, -0.05) is 12.1 Å². The van der Waals surface area contributed by atoms with Crippen LogP contribution in [0.2, 0.25) is 0 Å². The Hall–Kier alpha value is -3.88. The van der Waals surface area contributed by atoms with Crippen LogP contribution in [0.15, 0.2) is 53.0 Å². The Labute approximate surface area is 146 Å². The summed E-state index contributed by atoms with van der Waals surface area (Å²) in [4.78, 5) is 37.0. The third-order valence-corrected chi connectivity index (χ3v) is 3.86. The van der Waals surface area contributed by atoms with E-state index in [0.717, 1.165) is 0 Å². The number of fused-ring (bicyclic) bond motifs is 1. The predicted molar refractivity (Wildman–Crippen MR) is 92.6 cm³/mol. The Morgan fingerprint density at radius 2 is 1.69 bits per heavy atom. The molecule has 9 heteroatoms. The monoisotopic (exact) mass is 353 g/mol. The summed E-state index contributed by atoms with van der Waals surface area (Å²) >= 11 is 0. The fourth-order valence-corrected chi connectivity index (χ4v) is 2.74. The number of nitro benzene ring substituents is 2. The van der Waals surface area contributed by atoms with Crippen LogP contribution in [0.25, 0.3) is 5.76 Å². The van der Waals surface area contributed by atoms with Gasteiger partial charge in [0.1, 0.15) is 11.3 Å². The first-order chi connectivity index (χ1) is 12.3. The fourth-order valence-electron chi connectivity index (χ4n) is 2.74. The third kappa shape index (κ3) is 2.71. The number of benzene rings is 2. The number of aliphatic hydroxyl groups excluding tert-OH is 1. The highest BCUT2D eigenvalue weighted by Crippen LogP contribution is 2.39. The lowest BCUT2D eigenvalue weighted by Gasteiger charge is -2.04. The zero-order valence-electron chi connectivity index (χ0n) is 13.4. The van der Waals surface area contributed by atoms with Gasteiger partial charge in [-0.3, -0.25) is 25.0 Å². The van der Waals surface area contributed by atoms with Crippen LogP contribution in [-0.4, -0.2) is 26.4 Å². The molecule has 0 heterocycles. The van der Waals surface area contributed by atoms with Crippen LogP contribution in [0.5, 0.6) is 0 Å². The van der Waals surface area contributed by atoms with Crippen molar-refractivity contribution < 1.29 is 19.7 Å². The summed E-state index contributed by atoms with van der Waals surface area (Å²) in [6.07, 6.45) is 0. The summed E-state index contributed by atoms with van der Waals surface area (Å²) in [5.41, 5.74) is -0.0235. The number of allylic oxidation sites excluding steroid dienone is 1. The summed E-state index contributed by atoms with van der Waals surface area (Å²) in [6.45, 7) is 1.22. The van der Waals surface area contributed by atoms with Crippen molar-refractivity contribution >= 4 is 34.3 Å². The second-order valence-electron chi connectivity index (χ2n) is 5.47. The lowest BCUT2D eigenvalue weighted by Crippen LogP contribution is -2.08. The fraction of sp³-hybridized carbons (Fsp3) is 0.0588. The predicted octanol–water partition coefficient (Wildman–Crippen LogP) is 3.50. The maximum absolute atomic E-state index is 12.0. The van der Waals surface area contributed by atoms with Gasteiger partial charge in [0.15, 0.2) is 5.78 Å². The number of hydrogen-bond donors (Lipinski definition) is 1. The number of ketones is 1. The molecule has 1 N–H and O–H groups in total. The minimum atomic E-state index is -0.651. The minimum Gasteiger partial charge on any atom is -0.506 e. The maximum atomic E-state index is 12.0. The molecule has 0 unspecified atom stereocenters. The summed E-state index contributed by atoms with van der Waals surface area (Å²) in [5, 5.41) is 32.3. The van der Waals surface area contributed by atoms with Crippen molar-refractivity contribution in [2.45, 2.75) is 6.92 Å². The van der Waals surface area contributed by atoms with Crippen LogP contribution in [0.4, 0.5) is 17.1 Å². The van der Waals surface area contributed by atoms with Crippen LogP contribution in [0, 0.1) is 20.2 Å². The Kier molecular flexibility index (Phi) is 4.05. The summed E-state index contributed by atoms with van der Waals surface area (Å²) in [6, 6.07) is 9.43. The molecule has 2 aromatic rings. The molecule has 1 aliphatic carbocycles. The zero-order chi connectivity index (χ0) is 19.0. The van der Waals surface area contributed by atoms with Crippen molar-refractivity contribution in [2.24, 2.45) is 4.99 Å². The van der Waals surface area contributed by atoms with Gasteiger partial charge in [0.05, 0.1) is 26.8 Å². The van der Waals surface area contributed by atoms with Crippen LogP contribution in [0.1, 0.15) is 18.1 Å². The average molecular weight is 353 g/mol. The van der Waals surface area contributed by atoms with Gasteiger partial charge >= 0.3 is 0 Å². The van der Waals surface area contributed by atoms with Crippen molar-refractivity contribution in [2.75, 3.05) is 0 Å². The lowest BCUT2D eigenvalue weighted by molar-refractivity contribution is -0.385. The van der Waals surface area contributed by atoms with Gasteiger partial charge < -0.3 is 5.11 Å². The highest BCUT2D eigenvalue weighted by atomic mass is 16.6. The Balaban J connectivity index is 2.21. The number of Topliss-reactive ketones (excluding diaryl/α,β-unsaturated/α-hetero) is 1. The largest absolute Gasteiger partial charge is 0.506 e. The highest BCUT2D eigenvalue weighted by Gasteiger charge is 2.36. The van der Waals surface area contributed by atoms with E-state index in [0.29, 0.717) is 5.69 Å². The van der Waals surface area contributed by atoms with Crippen LogP contribution >= 0.6 is 0 Å². The van der Waals surface area contributed by atoms with Crippen LogP contribution in [0.3, 0.4) is 0 Å². The van der Waals surface area contributed by atoms with E-state index >= 15 is 0 Å². The number of non-ortho nitro benzene ring substituents is 1. The molecule has 0 saturated heterocycles. The highest BCUT2D eigenvalue weighted by molar-refractivity contribution is 6.36. The van der Waals surface area contributed by atoms with E-state index in [2.05, 4.69) is 4.99 Å². The first-order valence-electron chi connectivity index (χ1n) is 7.37. The quantitative estimate of drug-likeness (QED) is 0.660. The molecule has 26 heavy (non-hydrogen) atoms. The van der Waals surface area contributed by atoms with Crippen LogP contribution in [-0.2, 0) is 4.79 Å². The molecule has 3 rings (SSSR count). The lowest BCUT2D eigenvalue weighted by atomic mass is 10.0. The number of hydrogen-bond acceptors (Lipinski definition) is 7. The Morgan fingerprint density at radius 3 is 2.23 bits per heavy atom. The maximum Gasteiger partial charge on any atom is 0.281 e. The number of nitrogens with zero attached hydrogens (tertiary/aromatic N) is 3. The number of aliphatic hydroxyl groups is 1. The van der Waals surface area contributed by atoms with Crippen LogP contribution < -0.4 is 0 Å². The molecule has 130 valence electrons. The molecule has 2 aromatic carbocycles. The number of aliphatic imine (C=N–C) groups is 1. The average Bonchev–Trinajstić information content (AvgIpc) is 2.87. The SMILES string of the molecule is CC(=O)C1=C(O)c2c(cccc2[N+](=O)[O-])C1=Nc1ccc([N+](=O)[O-])cc1. The smallest absolute Gasteiger partial charge is 0.281 e. The molecule has 0 fully saturated rings. The first kappa shape index (κ1) is 17.0. The molecule has 0 bridgehead atoms.